The minimum Gasteiger partial charge on any atom is -0.334 e. The molecule has 1 atom stereocenters. The first-order valence-electron chi connectivity index (χ1n) is 6.09. The molecule has 1 amide bonds. The number of nitrogens with two attached hydrogens (primary N) is 1. The molecular weight excluding hydrogens is 270 g/mol. The van der Waals surface area contributed by atoms with Crippen molar-refractivity contribution in [3.05, 3.63) is 16.1 Å². The van der Waals surface area contributed by atoms with E-state index in [1.54, 1.807) is 0 Å². The van der Waals surface area contributed by atoms with Crippen LogP contribution in [0.2, 0.25) is 0 Å². The third-order valence-corrected chi connectivity index (χ3v) is 4.15. The molecule has 6 heteroatoms. The van der Waals surface area contributed by atoms with Crippen molar-refractivity contribution in [1.82, 2.24) is 9.88 Å². The molecule has 2 N–H and O–H groups in total. The number of hydrogen-bond acceptors (Lipinski definition) is 4. The second kappa shape index (κ2) is 6.50. The van der Waals surface area contributed by atoms with Crippen LogP contribution in [-0.4, -0.2) is 28.4 Å². The first kappa shape index (κ1) is 15.4. The van der Waals surface area contributed by atoms with Crippen molar-refractivity contribution in [1.29, 1.82) is 0 Å². The number of amides is 1. The third kappa shape index (κ3) is 3.02. The van der Waals surface area contributed by atoms with Crippen LogP contribution >= 0.6 is 23.7 Å². The summed E-state index contributed by atoms with van der Waals surface area (Å²) in [5.74, 6) is 0.575. The molecule has 0 radical (unpaired) electrons. The molecule has 1 aromatic heterocycles. The van der Waals surface area contributed by atoms with Crippen LogP contribution in [0.3, 0.4) is 0 Å². The summed E-state index contributed by atoms with van der Waals surface area (Å²) in [6.45, 7) is 5.61. The molecule has 0 saturated carbocycles. The van der Waals surface area contributed by atoms with E-state index in [0.29, 0.717) is 24.2 Å². The molecule has 0 bridgehead atoms. The van der Waals surface area contributed by atoms with Crippen LogP contribution in [0, 0.1) is 5.92 Å². The van der Waals surface area contributed by atoms with Gasteiger partial charge in [0.15, 0.2) is 0 Å². The zero-order valence-electron chi connectivity index (χ0n) is 10.8. The molecule has 2 heterocycles. The van der Waals surface area contributed by atoms with Gasteiger partial charge in [-0.25, -0.2) is 4.98 Å². The molecule has 102 valence electrons. The molecular formula is C12H20ClN3OS. The van der Waals surface area contributed by atoms with Gasteiger partial charge >= 0.3 is 0 Å². The first-order chi connectivity index (χ1) is 8.13. The minimum absolute atomic E-state index is 0. The predicted molar refractivity (Wildman–Crippen MR) is 76.1 cm³/mol. The van der Waals surface area contributed by atoms with Crippen LogP contribution in [0.25, 0.3) is 0 Å². The number of carbonyl (C=O) groups is 1. The molecule has 1 saturated heterocycles. The number of halogens is 1. The molecule has 0 aliphatic carbocycles. The molecule has 1 aliphatic rings. The summed E-state index contributed by atoms with van der Waals surface area (Å²) in [4.78, 5) is 18.6. The van der Waals surface area contributed by atoms with Gasteiger partial charge in [-0.15, -0.1) is 23.7 Å². The zero-order chi connectivity index (χ0) is 12.4. The van der Waals surface area contributed by atoms with E-state index in [1.165, 1.54) is 11.3 Å². The Balaban J connectivity index is 0.00000162. The maximum Gasteiger partial charge on any atom is 0.273 e. The fourth-order valence-electron chi connectivity index (χ4n) is 2.39. The quantitative estimate of drug-likeness (QED) is 0.929. The highest BCUT2D eigenvalue weighted by atomic mass is 35.5. The Morgan fingerprint density at radius 3 is 2.94 bits per heavy atom. The van der Waals surface area contributed by atoms with Crippen LogP contribution < -0.4 is 5.73 Å². The number of aromatic nitrogens is 1. The van der Waals surface area contributed by atoms with Gasteiger partial charge < -0.3 is 10.6 Å². The largest absolute Gasteiger partial charge is 0.334 e. The Morgan fingerprint density at radius 1 is 1.67 bits per heavy atom. The van der Waals surface area contributed by atoms with Crippen molar-refractivity contribution in [3.63, 3.8) is 0 Å². The van der Waals surface area contributed by atoms with Crippen molar-refractivity contribution in [3.8, 4) is 0 Å². The standard InChI is InChI=1S/C12H19N3OS.ClH/c1-8(2)10-4-3-5-15(10)12(16)9-7-17-11(6-13)14-9;/h7-8,10H,3-6,13H2,1-2H3;1H. The summed E-state index contributed by atoms with van der Waals surface area (Å²) in [6.07, 6.45) is 2.21. The molecule has 18 heavy (non-hydrogen) atoms. The van der Waals surface area contributed by atoms with E-state index >= 15 is 0 Å². The Hall–Kier alpha value is -0.650. The molecule has 1 aliphatic heterocycles. The fourth-order valence-corrected chi connectivity index (χ4v) is 3.04. The molecule has 2 rings (SSSR count). The lowest BCUT2D eigenvalue weighted by Crippen LogP contribution is -2.38. The summed E-state index contributed by atoms with van der Waals surface area (Å²) < 4.78 is 0. The van der Waals surface area contributed by atoms with E-state index in [1.807, 2.05) is 10.3 Å². The van der Waals surface area contributed by atoms with Gasteiger partial charge in [0.1, 0.15) is 10.7 Å². The van der Waals surface area contributed by atoms with E-state index in [0.717, 1.165) is 24.4 Å². The van der Waals surface area contributed by atoms with Crippen LogP contribution in [-0.2, 0) is 6.54 Å². The van der Waals surface area contributed by atoms with Crippen molar-refractivity contribution >= 4 is 29.7 Å². The maximum absolute atomic E-state index is 12.3. The normalized spacial score (nSPS) is 19.1. The molecule has 1 aromatic rings. The predicted octanol–water partition coefficient (Wildman–Crippen LogP) is 2.28. The van der Waals surface area contributed by atoms with Gasteiger partial charge in [-0.2, -0.15) is 0 Å². The Labute approximate surface area is 118 Å². The van der Waals surface area contributed by atoms with E-state index in [-0.39, 0.29) is 18.3 Å². The lowest BCUT2D eigenvalue weighted by molar-refractivity contribution is 0.0696. The number of carbonyl (C=O) groups excluding carboxylic acids is 1. The SMILES string of the molecule is CC(C)C1CCCN1C(=O)c1csc(CN)n1.Cl. The highest BCUT2D eigenvalue weighted by Gasteiger charge is 2.32. The fraction of sp³-hybridized carbons (Fsp3) is 0.667. The highest BCUT2D eigenvalue weighted by Crippen LogP contribution is 2.25. The number of thiazole rings is 1. The lowest BCUT2D eigenvalue weighted by Gasteiger charge is -2.26. The summed E-state index contributed by atoms with van der Waals surface area (Å²) >= 11 is 1.46. The van der Waals surface area contributed by atoms with Gasteiger partial charge in [0.2, 0.25) is 0 Å². The van der Waals surface area contributed by atoms with E-state index in [9.17, 15) is 4.79 Å². The third-order valence-electron chi connectivity index (χ3n) is 3.28. The van der Waals surface area contributed by atoms with Gasteiger partial charge in [0, 0.05) is 24.5 Å². The van der Waals surface area contributed by atoms with Crippen molar-refractivity contribution < 1.29 is 4.79 Å². The summed E-state index contributed by atoms with van der Waals surface area (Å²) in [7, 11) is 0. The average molecular weight is 290 g/mol. The second-order valence-electron chi connectivity index (χ2n) is 4.78. The van der Waals surface area contributed by atoms with E-state index < -0.39 is 0 Å². The van der Waals surface area contributed by atoms with Gasteiger partial charge in [-0.3, -0.25) is 4.79 Å². The van der Waals surface area contributed by atoms with Crippen molar-refractivity contribution in [2.24, 2.45) is 11.7 Å². The minimum atomic E-state index is 0. The van der Waals surface area contributed by atoms with Crippen LogP contribution in [0.1, 0.15) is 42.2 Å². The van der Waals surface area contributed by atoms with E-state index in [4.69, 9.17) is 5.73 Å². The number of hydrogen-bond donors (Lipinski definition) is 1. The smallest absolute Gasteiger partial charge is 0.273 e. The van der Waals surface area contributed by atoms with Crippen LogP contribution in [0.15, 0.2) is 5.38 Å². The number of nitrogens with zero attached hydrogens (tertiary/aromatic N) is 2. The topological polar surface area (TPSA) is 59.2 Å². The van der Waals surface area contributed by atoms with Crippen molar-refractivity contribution in [2.75, 3.05) is 6.54 Å². The van der Waals surface area contributed by atoms with Gasteiger partial charge in [0.25, 0.3) is 5.91 Å². The Bertz CT molecular complexity index is 408. The molecule has 4 nitrogen and oxygen atoms in total. The van der Waals surface area contributed by atoms with Gasteiger partial charge in [-0.1, -0.05) is 13.8 Å². The molecule has 1 unspecified atom stereocenters. The monoisotopic (exact) mass is 289 g/mol. The second-order valence-corrected chi connectivity index (χ2v) is 5.73. The zero-order valence-corrected chi connectivity index (χ0v) is 12.4. The van der Waals surface area contributed by atoms with E-state index in [2.05, 4.69) is 18.8 Å². The lowest BCUT2D eigenvalue weighted by atomic mass is 10.0. The number of likely N-dealkylation sites (tertiary alicyclic amines) is 1. The highest BCUT2D eigenvalue weighted by molar-refractivity contribution is 7.09. The van der Waals surface area contributed by atoms with Crippen LogP contribution in [0.4, 0.5) is 0 Å². The van der Waals surface area contributed by atoms with Gasteiger partial charge in [0.05, 0.1) is 0 Å². The molecule has 1 fully saturated rings. The summed E-state index contributed by atoms with van der Waals surface area (Å²) in [6, 6.07) is 0.366. The van der Waals surface area contributed by atoms with Gasteiger partial charge in [-0.05, 0) is 18.8 Å². The number of rotatable bonds is 3. The Kier molecular flexibility index (Phi) is 5.56. The maximum atomic E-state index is 12.3. The summed E-state index contributed by atoms with van der Waals surface area (Å²) in [5, 5.41) is 2.65. The molecule has 0 aromatic carbocycles. The average Bonchev–Trinajstić information content (AvgIpc) is 2.97. The van der Waals surface area contributed by atoms with Crippen molar-refractivity contribution in [2.45, 2.75) is 39.3 Å². The molecule has 0 spiro atoms. The van der Waals surface area contributed by atoms with Crippen LogP contribution in [0.5, 0.6) is 0 Å². The Morgan fingerprint density at radius 2 is 2.39 bits per heavy atom. The summed E-state index contributed by atoms with van der Waals surface area (Å²) in [5.41, 5.74) is 6.07. The first-order valence-corrected chi connectivity index (χ1v) is 6.97.